The van der Waals surface area contributed by atoms with Crippen molar-refractivity contribution in [1.82, 2.24) is 9.62 Å². The number of halogens is 1. The van der Waals surface area contributed by atoms with E-state index in [1.54, 1.807) is 24.3 Å². The molecule has 4 rings (SSSR count). The van der Waals surface area contributed by atoms with E-state index in [-0.39, 0.29) is 36.6 Å². The lowest BCUT2D eigenvalue weighted by molar-refractivity contribution is -0.149. The molecule has 8 nitrogen and oxygen atoms in total. The molecular formula is C28H29FN2O6S. The number of sulfonamides is 1. The fraction of sp³-hybridized carbons (Fsp3) is 0.286. The number of esters is 1. The topological polar surface area (TPSA) is 113 Å². The molecule has 1 aliphatic rings. The van der Waals surface area contributed by atoms with Gasteiger partial charge in [-0.1, -0.05) is 55.0 Å². The van der Waals surface area contributed by atoms with Crippen molar-refractivity contribution in [2.24, 2.45) is 0 Å². The molecule has 1 saturated heterocycles. The summed E-state index contributed by atoms with van der Waals surface area (Å²) in [5.74, 6) is -1.95. The molecule has 3 aromatic carbocycles. The van der Waals surface area contributed by atoms with Crippen molar-refractivity contribution in [2.45, 2.75) is 49.3 Å². The van der Waals surface area contributed by atoms with Crippen LogP contribution in [-0.2, 0) is 37.4 Å². The second-order valence-corrected chi connectivity index (χ2v) is 11.0. The van der Waals surface area contributed by atoms with Crippen LogP contribution in [0.25, 0.3) is 0 Å². The van der Waals surface area contributed by atoms with Gasteiger partial charge in [0.05, 0.1) is 4.90 Å². The number of hydrogen-bond donors (Lipinski definition) is 2. The summed E-state index contributed by atoms with van der Waals surface area (Å²) in [6, 6.07) is 17.8. The molecule has 0 saturated carbocycles. The van der Waals surface area contributed by atoms with Crippen molar-refractivity contribution in [3.8, 4) is 5.75 Å². The summed E-state index contributed by atoms with van der Waals surface area (Å²) in [6.45, 7) is 0.100. The Morgan fingerprint density at radius 1 is 1.00 bits per heavy atom. The average Bonchev–Trinajstić information content (AvgIpc) is 2.93. The number of nitrogens with zero attached hydrogens (tertiary/aromatic N) is 1. The van der Waals surface area contributed by atoms with Crippen LogP contribution in [0.2, 0.25) is 0 Å². The standard InChI is InChI=1S/C28H29FN2O6S/c29-22-9-6-10-24(18-22)38(35,36)31-16-5-4-11-26(31)27(33)30-25(17-20-12-14-23(32)15-13-20)28(34)37-19-21-7-2-1-3-8-21/h1-3,6-10,12-15,18,25-26,32H,4-5,11,16-17,19H2,(H,30,33)/t25-,26?/m0/s1. The van der Waals surface area contributed by atoms with E-state index in [9.17, 15) is 27.5 Å². The van der Waals surface area contributed by atoms with Crippen LogP contribution in [0.3, 0.4) is 0 Å². The van der Waals surface area contributed by atoms with Gasteiger partial charge in [0.25, 0.3) is 0 Å². The van der Waals surface area contributed by atoms with Crippen LogP contribution in [-0.4, -0.2) is 48.3 Å². The van der Waals surface area contributed by atoms with Crippen LogP contribution in [0.4, 0.5) is 4.39 Å². The highest BCUT2D eigenvalue weighted by Crippen LogP contribution is 2.26. The molecule has 0 aromatic heterocycles. The number of carbonyl (C=O) groups is 2. The number of benzene rings is 3. The fourth-order valence-electron chi connectivity index (χ4n) is 4.38. The van der Waals surface area contributed by atoms with Crippen molar-refractivity contribution in [2.75, 3.05) is 6.54 Å². The summed E-state index contributed by atoms with van der Waals surface area (Å²) in [6.07, 6.45) is 1.50. The lowest BCUT2D eigenvalue weighted by Crippen LogP contribution is -2.55. The number of carbonyl (C=O) groups excluding carboxylic acids is 2. The highest BCUT2D eigenvalue weighted by Gasteiger charge is 2.39. The van der Waals surface area contributed by atoms with Crippen molar-refractivity contribution in [3.63, 3.8) is 0 Å². The molecule has 2 N–H and O–H groups in total. The summed E-state index contributed by atoms with van der Waals surface area (Å²) in [5, 5.41) is 12.3. The van der Waals surface area contributed by atoms with Gasteiger partial charge >= 0.3 is 5.97 Å². The van der Waals surface area contributed by atoms with Gasteiger partial charge in [0.15, 0.2) is 0 Å². The fourth-order valence-corrected chi connectivity index (χ4v) is 6.06. The Labute approximate surface area is 221 Å². The van der Waals surface area contributed by atoms with E-state index in [1.807, 2.05) is 18.2 Å². The second kappa shape index (κ2) is 12.2. The molecule has 1 heterocycles. The number of phenols is 1. The van der Waals surface area contributed by atoms with Gasteiger partial charge in [-0.25, -0.2) is 17.6 Å². The first kappa shape index (κ1) is 27.3. The summed E-state index contributed by atoms with van der Waals surface area (Å²) in [4.78, 5) is 26.3. The molecule has 2 atom stereocenters. The molecule has 200 valence electrons. The highest BCUT2D eigenvalue weighted by atomic mass is 32.2. The van der Waals surface area contributed by atoms with E-state index in [4.69, 9.17) is 4.74 Å². The molecule has 0 spiro atoms. The molecule has 1 aliphatic heterocycles. The predicted octanol–water partition coefficient (Wildman–Crippen LogP) is 3.55. The highest BCUT2D eigenvalue weighted by molar-refractivity contribution is 7.89. The van der Waals surface area contributed by atoms with E-state index in [0.29, 0.717) is 18.4 Å². The molecular weight excluding hydrogens is 511 g/mol. The Morgan fingerprint density at radius 2 is 1.74 bits per heavy atom. The maximum Gasteiger partial charge on any atom is 0.329 e. The van der Waals surface area contributed by atoms with Gasteiger partial charge in [0.2, 0.25) is 15.9 Å². The zero-order valence-corrected chi connectivity index (χ0v) is 21.4. The van der Waals surface area contributed by atoms with Crippen LogP contribution in [0.15, 0.2) is 83.8 Å². The maximum absolute atomic E-state index is 13.8. The molecule has 1 fully saturated rings. The third kappa shape index (κ3) is 6.76. The van der Waals surface area contributed by atoms with E-state index in [0.717, 1.165) is 22.0 Å². The lowest BCUT2D eigenvalue weighted by Gasteiger charge is -2.34. The Hall–Kier alpha value is -3.76. The SMILES string of the molecule is O=C(N[C@@H](Cc1ccc(O)cc1)C(=O)OCc1ccccc1)C1CCCCN1S(=O)(=O)c1cccc(F)c1. The normalized spacial score (nSPS) is 16.9. The van der Waals surface area contributed by atoms with Crippen LogP contribution in [0.5, 0.6) is 5.75 Å². The quantitative estimate of drug-likeness (QED) is 0.402. The van der Waals surface area contributed by atoms with Crippen molar-refractivity contribution < 1.29 is 32.2 Å². The molecule has 38 heavy (non-hydrogen) atoms. The van der Waals surface area contributed by atoms with Crippen molar-refractivity contribution in [1.29, 1.82) is 0 Å². The Balaban J connectivity index is 1.54. The van der Waals surface area contributed by atoms with Gasteiger partial charge in [0, 0.05) is 13.0 Å². The third-order valence-electron chi connectivity index (χ3n) is 6.36. The molecule has 0 radical (unpaired) electrons. The third-order valence-corrected chi connectivity index (χ3v) is 8.26. The number of aromatic hydroxyl groups is 1. The van der Waals surface area contributed by atoms with Crippen molar-refractivity contribution in [3.05, 3.63) is 95.8 Å². The monoisotopic (exact) mass is 540 g/mol. The molecule has 0 aliphatic carbocycles. The van der Waals surface area contributed by atoms with E-state index >= 15 is 0 Å². The summed E-state index contributed by atoms with van der Waals surface area (Å²) >= 11 is 0. The molecule has 0 bridgehead atoms. The number of rotatable bonds is 9. The van der Waals surface area contributed by atoms with Crippen LogP contribution in [0, 0.1) is 5.82 Å². The number of phenolic OH excluding ortho intramolecular Hbond substituents is 1. The van der Waals surface area contributed by atoms with Crippen LogP contribution in [0.1, 0.15) is 30.4 Å². The number of piperidine rings is 1. The maximum atomic E-state index is 13.8. The summed E-state index contributed by atoms with van der Waals surface area (Å²) in [7, 11) is -4.16. The van der Waals surface area contributed by atoms with Gasteiger partial charge in [-0.15, -0.1) is 0 Å². The number of amides is 1. The number of nitrogens with one attached hydrogen (secondary N) is 1. The van der Waals surface area contributed by atoms with Crippen LogP contribution < -0.4 is 5.32 Å². The van der Waals surface area contributed by atoms with Crippen molar-refractivity contribution >= 4 is 21.9 Å². The van der Waals surface area contributed by atoms with Gasteiger partial charge < -0.3 is 15.2 Å². The minimum absolute atomic E-state index is 0.00509. The lowest BCUT2D eigenvalue weighted by atomic mass is 10.0. The molecule has 10 heteroatoms. The first-order valence-electron chi connectivity index (χ1n) is 12.3. The van der Waals surface area contributed by atoms with Gasteiger partial charge in [0.1, 0.15) is 30.3 Å². The number of hydrogen-bond acceptors (Lipinski definition) is 6. The van der Waals surface area contributed by atoms with Gasteiger partial charge in [-0.2, -0.15) is 4.31 Å². The van der Waals surface area contributed by atoms with Gasteiger partial charge in [-0.3, -0.25) is 4.79 Å². The first-order chi connectivity index (χ1) is 18.2. The Kier molecular flexibility index (Phi) is 8.75. The zero-order chi connectivity index (χ0) is 27.1. The predicted molar refractivity (Wildman–Crippen MR) is 138 cm³/mol. The number of ether oxygens (including phenoxy) is 1. The Morgan fingerprint density at radius 3 is 2.45 bits per heavy atom. The van der Waals surface area contributed by atoms with E-state index in [1.165, 1.54) is 24.3 Å². The zero-order valence-electron chi connectivity index (χ0n) is 20.6. The summed E-state index contributed by atoms with van der Waals surface area (Å²) < 4.78 is 47.0. The largest absolute Gasteiger partial charge is 0.508 e. The summed E-state index contributed by atoms with van der Waals surface area (Å²) in [5.41, 5.74) is 1.44. The minimum atomic E-state index is -4.16. The van der Waals surface area contributed by atoms with E-state index < -0.39 is 39.8 Å². The van der Waals surface area contributed by atoms with E-state index in [2.05, 4.69) is 5.32 Å². The van der Waals surface area contributed by atoms with Crippen LogP contribution >= 0.6 is 0 Å². The van der Waals surface area contributed by atoms with Gasteiger partial charge in [-0.05, 0) is 54.3 Å². The Bertz CT molecular complexity index is 1370. The minimum Gasteiger partial charge on any atom is -0.508 e. The smallest absolute Gasteiger partial charge is 0.329 e. The molecule has 1 amide bonds. The average molecular weight is 541 g/mol. The molecule has 1 unspecified atom stereocenters. The second-order valence-electron chi connectivity index (χ2n) is 9.11. The first-order valence-corrected chi connectivity index (χ1v) is 13.7. The molecule has 3 aromatic rings.